The van der Waals surface area contributed by atoms with Gasteiger partial charge in [-0.2, -0.15) is 0 Å². The molecule has 3 N–H and O–H groups in total. The molecule has 1 rings (SSSR count). The van der Waals surface area contributed by atoms with Gasteiger partial charge in [-0.25, -0.2) is 0 Å². The predicted octanol–water partition coefficient (Wildman–Crippen LogP) is -0.476. The first-order chi connectivity index (χ1) is 6.33. The van der Waals surface area contributed by atoms with Gasteiger partial charge in [-0.3, -0.25) is 4.98 Å². The number of aromatic nitrogens is 1. The Kier molecular flexibility index (Phi) is 4.39. The fourth-order valence-corrected chi connectivity index (χ4v) is 0.948. The monoisotopic (exact) mass is 182 g/mol. The molecule has 0 aliphatic carbocycles. The van der Waals surface area contributed by atoms with Gasteiger partial charge in [-0.1, -0.05) is 0 Å². The first-order valence-corrected chi connectivity index (χ1v) is 4.21. The summed E-state index contributed by atoms with van der Waals surface area (Å²) in [5, 5.41) is 20.6. The highest BCUT2D eigenvalue weighted by Crippen LogP contribution is 1.94. The molecule has 0 aliphatic heterocycles. The van der Waals surface area contributed by atoms with Crippen LogP contribution < -0.4 is 5.32 Å². The quantitative estimate of drug-likeness (QED) is 0.575. The van der Waals surface area contributed by atoms with E-state index in [1.807, 2.05) is 12.1 Å². The maximum Gasteiger partial charge on any atom is 0.0895 e. The molecule has 1 aromatic rings. The number of nitrogens with one attached hydrogen (secondary N) is 1. The van der Waals surface area contributed by atoms with Gasteiger partial charge in [0.1, 0.15) is 0 Å². The topological polar surface area (TPSA) is 65.4 Å². The third kappa shape index (κ3) is 3.98. The highest BCUT2D eigenvalue weighted by molar-refractivity contribution is 5.08. The Morgan fingerprint density at radius 3 is 2.69 bits per heavy atom. The summed E-state index contributed by atoms with van der Waals surface area (Å²) < 4.78 is 0. The number of pyridine rings is 1. The molecule has 0 saturated carbocycles. The van der Waals surface area contributed by atoms with Crippen molar-refractivity contribution >= 4 is 0 Å². The SMILES string of the molecule is OC[C@@H](O)CNCc1ccncc1. The minimum absolute atomic E-state index is 0.205. The molecule has 0 fully saturated rings. The average Bonchev–Trinajstić information content (AvgIpc) is 2.19. The zero-order valence-electron chi connectivity index (χ0n) is 7.35. The van der Waals surface area contributed by atoms with Gasteiger partial charge in [-0.05, 0) is 17.7 Å². The maximum absolute atomic E-state index is 9.01. The number of nitrogens with zero attached hydrogens (tertiary/aromatic N) is 1. The highest BCUT2D eigenvalue weighted by Gasteiger charge is 1.99. The van der Waals surface area contributed by atoms with Crippen molar-refractivity contribution in [2.75, 3.05) is 13.2 Å². The molecule has 0 amide bonds. The molecule has 0 aliphatic rings. The van der Waals surface area contributed by atoms with E-state index in [1.54, 1.807) is 12.4 Å². The molecule has 0 aromatic carbocycles. The lowest BCUT2D eigenvalue weighted by atomic mass is 10.2. The normalized spacial score (nSPS) is 12.8. The van der Waals surface area contributed by atoms with Crippen molar-refractivity contribution in [1.29, 1.82) is 0 Å². The van der Waals surface area contributed by atoms with Crippen molar-refractivity contribution < 1.29 is 10.2 Å². The lowest BCUT2D eigenvalue weighted by Gasteiger charge is -2.08. The zero-order valence-corrected chi connectivity index (χ0v) is 7.35. The molecule has 1 aromatic heterocycles. The molecule has 13 heavy (non-hydrogen) atoms. The van der Waals surface area contributed by atoms with Gasteiger partial charge in [0.25, 0.3) is 0 Å². The van der Waals surface area contributed by atoms with E-state index in [4.69, 9.17) is 10.2 Å². The van der Waals surface area contributed by atoms with E-state index >= 15 is 0 Å². The molecule has 0 saturated heterocycles. The van der Waals surface area contributed by atoms with Gasteiger partial charge in [0.15, 0.2) is 0 Å². The fraction of sp³-hybridized carbons (Fsp3) is 0.444. The van der Waals surface area contributed by atoms with E-state index < -0.39 is 6.10 Å². The summed E-state index contributed by atoms with van der Waals surface area (Å²) >= 11 is 0. The van der Waals surface area contributed by atoms with Gasteiger partial charge in [0.05, 0.1) is 12.7 Å². The Balaban J connectivity index is 2.20. The summed E-state index contributed by atoms with van der Waals surface area (Å²) in [5.41, 5.74) is 1.11. The van der Waals surface area contributed by atoms with E-state index in [0.717, 1.165) is 5.56 Å². The first-order valence-electron chi connectivity index (χ1n) is 4.21. The van der Waals surface area contributed by atoms with Crippen LogP contribution in [0.2, 0.25) is 0 Å². The number of hydrogen-bond acceptors (Lipinski definition) is 4. The number of aliphatic hydroxyl groups excluding tert-OH is 2. The summed E-state index contributed by atoms with van der Waals surface area (Å²) in [6, 6.07) is 3.80. The van der Waals surface area contributed by atoms with Crippen molar-refractivity contribution in [1.82, 2.24) is 10.3 Å². The van der Waals surface area contributed by atoms with Gasteiger partial charge >= 0.3 is 0 Å². The average molecular weight is 182 g/mol. The molecular weight excluding hydrogens is 168 g/mol. The maximum atomic E-state index is 9.01. The molecule has 1 atom stereocenters. The second-order valence-electron chi connectivity index (χ2n) is 2.82. The third-order valence-corrected chi connectivity index (χ3v) is 1.67. The van der Waals surface area contributed by atoms with E-state index in [0.29, 0.717) is 13.1 Å². The molecule has 0 bridgehead atoms. The summed E-state index contributed by atoms with van der Waals surface area (Å²) in [7, 11) is 0. The molecule has 72 valence electrons. The van der Waals surface area contributed by atoms with Gasteiger partial charge in [0, 0.05) is 25.5 Å². The summed E-state index contributed by atoms with van der Waals surface area (Å²) in [4.78, 5) is 3.89. The van der Waals surface area contributed by atoms with E-state index in [1.165, 1.54) is 0 Å². The Labute approximate surface area is 77.2 Å². The van der Waals surface area contributed by atoms with E-state index in [9.17, 15) is 0 Å². The second kappa shape index (κ2) is 5.64. The molecule has 0 unspecified atom stereocenters. The van der Waals surface area contributed by atoms with Crippen LogP contribution in [0.5, 0.6) is 0 Å². The Bertz CT molecular complexity index is 228. The van der Waals surface area contributed by atoms with Crippen molar-refractivity contribution in [2.45, 2.75) is 12.6 Å². The van der Waals surface area contributed by atoms with E-state index in [-0.39, 0.29) is 6.61 Å². The van der Waals surface area contributed by atoms with Crippen LogP contribution in [0.4, 0.5) is 0 Å². The second-order valence-corrected chi connectivity index (χ2v) is 2.82. The van der Waals surface area contributed by atoms with Crippen LogP contribution in [0.15, 0.2) is 24.5 Å². The standard InChI is InChI=1S/C9H14N2O2/c12-7-9(13)6-11-5-8-1-3-10-4-2-8/h1-4,9,11-13H,5-7H2/t9-/m0/s1. The molecular formula is C9H14N2O2. The van der Waals surface area contributed by atoms with Gasteiger partial charge in [-0.15, -0.1) is 0 Å². The third-order valence-electron chi connectivity index (χ3n) is 1.67. The number of aliphatic hydroxyl groups is 2. The van der Waals surface area contributed by atoms with Crippen molar-refractivity contribution in [3.8, 4) is 0 Å². The number of hydrogen-bond donors (Lipinski definition) is 3. The largest absolute Gasteiger partial charge is 0.394 e. The lowest BCUT2D eigenvalue weighted by Crippen LogP contribution is -2.28. The fourth-order valence-electron chi connectivity index (χ4n) is 0.948. The van der Waals surface area contributed by atoms with Crippen LogP contribution in [0.1, 0.15) is 5.56 Å². The Morgan fingerprint density at radius 2 is 2.08 bits per heavy atom. The smallest absolute Gasteiger partial charge is 0.0895 e. The summed E-state index contributed by atoms with van der Waals surface area (Å²) in [6.07, 6.45) is 2.76. The minimum Gasteiger partial charge on any atom is -0.394 e. The zero-order chi connectivity index (χ0) is 9.52. The van der Waals surface area contributed by atoms with Crippen LogP contribution in [-0.4, -0.2) is 34.5 Å². The van der Waals surface area contributed by atoms with Crippen LogP contribution in [0.3, 0.4) is 0 Å². The number of rotatable bonds is 5. The Hall–Kier alpha value is -0.970. The molecule has 0 radical (unpaired) electrons. The lowest BCUT2D eigenvalue weighted by molar-refractivity contribution is 0.0942. The molecule has 4 nitrogen and oxygen atoms in total. The van der Waals surface area contributed by atoms with Crippen LogP contribution in [-0.2, 0) is 6.54 Å². The van der Waals surface area contributed by atoms with Crippen molar-refractivity contribution in [3.05, 3.63) is 30.1 Å². The van der Waals surface area contributed by atoms with Gasteiger partial charge in [0.2, 0.25) is 0 Å². The minimum atomic E-state index is -0.679. The van der Waals surface area contributed by atoms with Crippen LogP contribution in [0.25, 0.3) is 0 Å². The van der Waals surface area contributed by atoms with Crippen LogP contribution in [0, 0.1) is 0 Å². The molecule has 4 heteroatoms. The highest BCUT2D eigenvalue weighted by atomic mass is 16.3. The molecule has 0 spiro atoms. The first kappa shape index (κ1) is 10.1. The van der Waals surface area contributed by atoms with Crippen LogP contribution >= 0.6 is 0 Å². The van der Waals surface area contributed by atoms with Crippen molar-refractivity contribution in [3.63, 3.8) is 0 Å². The van der Waals surface area contributed by atoms with Crippen molar-refractivity contribution in [2.24, 2.45) is 0 Å². The summed E-state index contributed by atoms with van der Waals surface area (Å²) in [5.74, 6) is 0. The predicted molar refractivity (Wildman–Crippen MR) is 49.0 cm³/mol. The Morgan fingerprint density at radius 1 is 1.38 bits per heavy atom. The molecule has 1 heterocycles. The van der Waals surface area contributed by atoms with Gasteiger partial charge < -0.3 is 15.5 Å². The van der Waals surface area contributed by atoms with E-state index in [2.05, 4.69) is 10.3 Å². The summed E-state index contributed by atoms with van der Waals surface area (Å²) in [6.45, 7) is 0.877.